The van der Waals surface area contributed by atoms with Crippen LogP contribution in [0.4, 0.5) is 5.69 Å². The highest BCUT2D eigenvalue weighted by atomic mass is 79.9. The maximum atomic E-state index is 11.7. The number of rotatable bonds is 4. The molecule has 20 heavy (non-hydrogen) atoms. The normalized spacial score (nSPS) is 10.7. The molecule has 2 aromatic heterocycles. The van der Waals surface area contributed by atoms with Crippen LogP contribution in [-0.4, -0.2) is 22.0 Å². The van der Waals surface area contributed by atoms with E-state index in [1.54, 1.807) is 6.08 Å². The fourth-order valence-electron chi connectivity index (χ4n) is 1.38. The first-order valence-corrected chi connectivity index (χ1v) is 7.08. The molecule has 2 heterocycles. The molecule has 0 aliphatic heterocycles. The lowest BCUT2D eigenvalue weighted by atomic mass is 10.2. The number of anilines is 1. The van der Waals surface area contributed by atoms with Crippen molar-refractivity contribution < 1.29 is 14.7 Å². The standard InChI is InChI=1S/C13H9BrN2O3S/c14-11-3-1-10(20-11)2-4-12(17)16-9-5-8(13(18)19)6-15-7-9/h1-7H,(H,16,17)(H,18,19). The van der Waals surface area contributed by atoms with Gasteiger partial charge < -0.3 is 10.4 Å². The highest BCUT2D eigenvalue weighted by Crippen LogP contribution is 2.23. The zero-order valence-corrected chi connectivity index (χ0v) is 12.4. The van der Waals surface area contributed by atoms with Gasteiger partial charge in [0.2, 0.25) is 5.91 Å². The number of nitrogens with one attached hydrogen (secondary N) is 1. The van der Waals surface area contributed by atoms with E-state index in [1.807, 2.05) is 12.1 Å². The zero-order chi connectivity index (χ0) is 14.5. The molecule has 0 aliphatic rings. The quantitative estimate of drug-likeness (QED) is 0.827. The van der Waals surface area contributed by atoms with E-state index in [2.05, 4.69) is 26.2 Å². The zero-order valence-electron chi connectivity index (χ0n) is 10.0. The first kappa shape index (κ1) is 14.4. The lowest BCUT2D eigenvalue weighted by Gasteiger charge is -2.02. The van der Waals surface area contributed by atoms with Gasteiger partial charge >= 0.3 is 5.97 Å². The van der Waals surface area contributed by atoms with Crippen LogP contribution >= 0.6 is 27.3 Å². The summed E-state index contributed by atoms with van der Waals surface area (Å²) in [4.78, 5) is 27.2. The summed E-state index contributed by atoms with van der Waals surface area (Å²) in [5.41, 5.74) is 0.362. The number of thiophene rings is 1. The Morgan fingerprint density at radius 2 is 2.15 bits per heavy atom. The molecule has 7 heteroatoms. The molecule has 2 aromatic rings. The lowest BCUT2D eigenvalue weighted by Crippen LogP contribution is -2.09. The lowest BCUT2D eigenvalue weighted by molar-refractivity contribution is -0.111. The van der Waals surface area contributed by atoms with E-state index in [9.17, 15) is 9.59 Å². The third-order valence-electron chi connectivity index (χ3n) is 2.25. The summed E-state index contributed by atoms with van der Waals surface area (Å²) < 4.78 is 0.982. The number of halogens is 1. The smallest absolute Gasteiger partial charge is 0.337 e. The minimum absolute atomic E-state index is 0.0222. The van der Waals surface area contributed by atoms with Gasteiger partial charge in [0.1, 0.15) is 0 Å². The fraction of sp³-hybridized carbons (Fsp3) is 0. The number of nitrogens with zero attached hydrogens (tertiary/aromatic N) is 1. The third-order valence-corrected chi connectivity index (χ3v) is 3.83. The topological polar surface area (TPSA) is 79.3 Å². The Hall–Kier alpha value is -1.99. The van der Waals surface area contributed by atoms with Gasteiger partial charge in [-0.1, -0.05) is 0 Å². The van der Waals surface area contributed by atoms with Crippen molar-refractivity contribution in [1.82, 2.24) is 4.98 Å². The highest BCUT2D eigenvalue weighted by molar-refractivity contribution is 9.11. The van der Waals surface area contributed by atoms with Crippen LogP contribution in [0.1, 0.15) is 15.2 Å². The first-order valence-electron chi connectivity index (χ1n) is 5.47. The van der Waals surface area contributed by atoms with Crippen LogP contribution in [0.3, 0.4) is 0 Å². The van der Waals surface area contributed by atoms with Gasteiger partial charge in [0, 0.05) is 17.2 Å². The number of carbonyl (C=O) groups excluding carboxylic acids is 1. The number of carboxylic acid groups (broad SMARTS) is 1. The SMILES string of the molecule is O=C(C=Cc1ccc(Br)s1)Nc1cncc(C(=O)O)c1. The Morgan fingerprint density at radius 1 is 1.35 bits per heavy atom. The summed E-state index contributed by atoms with van der Waals surface area (Å²) in [6.07, 6.45) is 5.67. The molecular weight excluding hydrogens is 344 g/mol. The van der Waals surface area contributed by atoms with Crippen molar-refractivity contribution in [3.63, 3.8) is 0 Å². The van der Waals surface area contributed by atoms with E-state index < -0.39 is 5.97 Å². The Morgan fingerprint density at radius 3 is 2.80 bits per heavy atom. The van der Waals surface area contributed by atoms with Crippen LogP contribution in [0, 0.1) is 0 Å². The molecule has 0 fully saturated rings. The van der Waals surface area contributed by atoms with Crippen LogP contribution < -0.4 is 5.32 Å². The van der Waals surface area contributed by atoms with Gasteiger partial charge in [-0.05, 0) is 40.2 Å². The van der Waals surface area contributed by atoms with Gasteiger partial charge in [-0.15, -0.1) is 11.3 Å². The Labute approximate surface area is 127 Å². The number of carbonyl (C=O) groups is 2. The van der Waals surface area contributed by atoms with Crippen molar-refractivity contribution in [1.29, 1.82) is 0 Å². The molecule has 1 amide bonds. The Balaban J connectivity index is 2.02. The van der Waals surface area contributed by atoms with Crippen LogP contribution in [0.2, 0.25) is 0 Å². The number of aromatic nitrogens is 1. The molecule has 0 aromatic carbocycles. The minimum atomic E-state index is -1.09. The van der Waals surface area contributed by atoms with Crippen molar-refractivity contribution in [2.24, 2.45) is 0 Å². The predicted molar refractivity (Wildman–Crippen MR) is 80.9 cm³/mol. The summed E-state index contributed by atoms with van der Waals surface area (Å²) in [5, 5.41) is 11.4. The number of carboxylic acids is 1. The second-order valence-corrected chi connectivity index (χ2v) is 6.23. The van der Waals surface area contributed by atoms with Gasteiger partial charge in [0.15, 0.2) is 0 Å². The monoisotopic (exact) mass is 352 g/mol. The van der Waals surface area contributed by atoms with E-state index in [-0.39, 0.29) is 11.5 Å². The van der Waals surface area contributed by atoms with Crippen molar-refractivity contribution in [2.75, 3.05) is 5.32 Å². The van der Waals surface area contributed by atoms with Gasteiger partial charge in [0.05, 0.1) is 21.2 Å². The molecule has 2 N–H and O–H groups in total. The van der Waals surface area contributed by atoms with Crippen LogP contribution in [0.15, 0.2) is 40.5 Å². The van der Waals surface area contributed by atoms with Crippen molar-refractivity contribution >= 4 is 50.9 Å². The van der Waals surface area contributed by atoms with E-state index in [1.165, 1.54) is 35.9 Å². The maximum Gasteiger partial charge on any atom is 0.337 e. The Kier molecular flexibility index (Phi) is 4.65. The van der Waals surface area contributed by atoms with Gasteiger partial charge in [0.25, 0.3) is 0 Å². The number of aromatic carboxylic acids is 1. The molecule has 102 valence electrons. The maximum absolute atomic E-state index is 11.7. The minimum Gasteiger partial charge on any atom is -0.478 e. The molecule has 0 aliphatic carbocycles. The van der Waals surface area contributed by atoms with E-state index in [0.29, 0.717) is 5.69 Å². The second kappa shape index (κ2) is 6.44. The number of amides is 1. The second-order valence-electron chi connectivity index (χ2n) is 3.73. The molecule has 0 saturated carbocycles. The molecule has 0 spiro atoms. The van der Waals surface area contributed by atoms with Crippen molar-refractivity contribution in [3.8, 4) is 0 Å². The molecule has 0 radical (unpaired) electrons. The number of hydrogen-bond acceptors (Lipinski definition) is 4. The third kappa shape index (κ3) is 4.01. The summed E-state index contributed by atoms with van der Waals surface area (Å²) in [6, 6.07) is 5.12. The van der Waals surface area contributed by atoms with E-state index in [4.69, 9.17) is 5.11 Å². The van der Waals surface area contributed by atoms with Gasteiger partial charge in [-0.2, -0.15) is 0 Å². The predicted octanol–water partition coefficient (Wildman–Crippen LogP) is 3.26. The molecule has 0 bridgehead atoms. The molecular formula is C13H9BrN2O3S. The molecule has 0 saturated heterocycles. The molecule has 2 rings (SSSR count). The van der Waals surface area contributed by atoms with Gasteiger partial charge in [-0.25, -0.2) is 4.79 Å². The Bertz CT molecular complexity index is 682. The van der Waals surface area contributed by atoms with E-state index >= 15 is 0 Å². The number of pyridine rings is 1. The average Bonchev–Trinajstić information content (AvgIpc) is 2.82. The van der Waals surface area contributed by atoms with Crippen LogP contribution in [0.25, 0.3) is 6.08 Å². The average molecular weight is 353 g/mol. The summed E-state index contributed by atoms with van der Waals surface area (Å²) in [5.74, 6) is -1.44. The van der Waals surface area contributed by atoms with Crippen LogP contribution in [0.5, 0.6) is 0 Å². The highest BCUT2D eigenvalue weighted by Gasteiger charge is 2.05. The summed E-state index contributed by atoms with van der Waals surface area (Å²) >= 11 is 4.84. The molecule has 5 nitrogen and oxygen atoms in total. The number of hydrogen-bond donors (Lipinski definition) is 2. The summed E-state index contributed by atoms with van der Waals surface area (Å²) in [7, 11) is 0. The first-order chi connectivity index (χ1) is 9.54. The molecule has 0 atom stereocenters. The summed E-state index contributed by atoms with van der Waals surface area (Å²) in [6.45, 7) is 0. The van der Waals surface area contributed by atoms with E-state index in [0.717, 1.165) is 8.66 Å². The molecule has 0 unspecified atom stereocenters. The fourth-order valence-corrected chi connectivity index (χ4v) is 2.71. The largest absolute Gasteiger partial charge is 0.478 e. The van der Waals surface area contributed by atoms with Gasteiger partial charge in [-0.3, -0.25) is 9.78 Å². The van der Waals surface area contributed by atoms with Crippen molar-refractivity contribution in [3.05, 3.63) is 50.9 Å². The van der Waals surface area contributed by atoms with Crippen molar-refractivity contribution in [2.45, 2.75) is 0 Å². The van der Waals surface area contributed by atoms with Crippen LogP contribution in [-0.2, 0) is 4.79 Å².